The van der Waals surface area contributed by atoms with Crippen molar-refractivity contribution in [3.05, 3.63) is 34.6 Å². The lowest BCUT2D eigenvalue weighted by Crippen LogP contribution is -2.30. The molecule has 1 aromatic heterocycles. The normalized spacial score (nSPS) is 11.8. The van der Waals surface area contributed by atoms with E-state index in [1.54, 1.807) is 28.8 Å². The average Bonchev–Trinajstić information content (AvgIpc) is 2.56. The van der Waals surface area contributed by atoms with Crippen molar-refractivity contribution in [1.29, 1.82) is 0 Å². The number of nitrogens with one attached hydrogen (secondary N) is 1. The van der Waals surface area contributed by atoms with Crippen LogP contribution >= 0.6 is 11.8 Å². The van der Waals surface area contributed by atoms with E-state index in [0.717, 1.165) is 0 Å². The van der Waals surface area contributed by atoms with Crippen molar-refractivity contribution in [1.82, 2.24) is 14.9 Å². The van der Waals surface area contributed by atoms with Gasteiger partial charge in [0.1, 0.15) is 0 Å². The summed E-state index contributed by atoms with van der Waals surface area (Å²) in [7, 11) is 0. The number of ether oxygens (including phenoxy) is 1. The number of thioether (sulfide) groups is 1. The molecule has 0 saturated heterocycles. The maximum absolute atomic E-state index is 12.6. The van der Waals surface area contributed by atoms with E-state index in [0.29, 0.717) is 21.8 Å². The number of amides is 1. The highest BCUT2D eigenvalue weighted by atomic mass is 32.2. The summed E-state index contributed by atoms with van der Waals surface area (Å²) >= 11 is 1.23. The van der Waals surface area contributed by atoms with Crippen LogP contribution in [0.15, 0.2) is 34.2 Å². The van der Waals surface area contributed by atoms with Crippen molar-refractivity contribution in [3.63, 3.8) is 0 Å². The average molecular weight is 389 g/mol. The van der Waals surface area contributed by atoms with Gasteiger partial charge in [-0.3, -0.25) is 9.36 Å². The molecule has 0 aliphatic rings. The molecule has 0 fully saturated rings. The summed E-state index contributed by atoms with van der Waals surface area (Å²) in [6.07, 6.45) is -5.70. The monoisotopic (exact) mass is 389 g/mol. The van der Waals surface area contributed by atoms with Crippen LogP contribution in [0.2, 0.25) is 0 Å². The third-order valence-electron chi connectivity index (χ3n) is 3.26. The molecule has 1 N–H and O–H groups in total. The molecular weight excluding hydrogens is 371 g/mol. The SMILES string of the molecule is CC(C)n1c(SCCNC(=O)OCC(F)(F)F)nc2ccccc2c1=O. The highest BCUT2D eigenvalue weighted by molar-refractivity contribution is 7.99. The van der Waals surface area contributed by atoms with Gasteiger partial charge in [0.15, 0.2) is 11.8 Å². The van der Waals surface area contributed by atoms with Gasteiger partial charge in [-0.1, -0.05) is 23.9 Å². The van der Waals surface area contributed by atoms with Crippen molar-refractivity contribution in [2.24, 2.45) is 0 Å². The molecule has 0 atom stereocenters. The smallest absolute Gasteiger partial charge is 0.422 e. The van der Waals surface area contributed by atoms with Crippen LogP contribution in [0.5, 0.6) is 0 Å². The predicted octanol–water partition coefficient (Wildman–Crippen LogP) is 3.36. The Morgan fingerprint density at radius 3 is 2.69 bits per heavy atom. The first kappa shape index (κ1) is 20.1. The lowest BCUT2D eigenvalue weighted by Gasteiger charge is -2.16. The molecule has 0 bridgehead atoms. The van der Waals surface area contributed by atoms with Crippen molar-refractivity contribution in [2.75, 3.05) is 18.9 Å². The molecule has 1 heterocycles. The molecule has 142 valence electrons. The van der Waals surface area contributed by atoms with Crippen LogP contribution in [-0.2, 0) is 4.74 Å². The van der Waals surface area contributed by atoms with Gasteiger partial charge in [-0.05, 0) is 26.0 Å². The number of carbonyl (C=O) groups is 1. The Labute approximate surface area is 151 Å². The van der Waals surface area contributed by atoms with Crippen LogP contribution in [0, 0.1) is 0 Å². The number of halogens is 3. The van der Waals surface area contributed by atoms with Crippen molar-refractivity contribution in [3.8, 4) is 0 Å². The zero-order valence-corrected chi connectivity index (χ0v) is 15.0. The number of para-hydroxylation sites is 1. The second kappa shape index (κ2) is 8.43. The highest BCUT2D eigenvalue weighted by Gasteiger charge is 2.29. The molecule has 1 amide bonds. The van der Waals surface area contributed by atoms with Crippen LogP contribution in [0.4, 0.5) is 18.0 Å². The van der Waals surface area contributed by atoms with Crippen LogP contribution in [0.3, 0.4) is 0 Å². The van der Waals surface area contributed by atoms with Crippen molar-refractivity contribution >= 4 is 28.8 Å². The van der Waals surface area contributed by atoms with Crippen LogP contribution < -0.4 is 10.9 Å². The molecule has 0 aliphatic heterocycles. The van der Waals surface area contributed by atoms with E-state index in [-0.39, 0.29) is 18.1 Å². The third-order valence-corrected chi connectivity index (χ3v) is 4.22. The molecule has 0 spiro atoms. The van der Waals surface area contributed by atoms with E-state index in [9.17, 15) is 22.8 Å². The van der Waals surface area contributed by atoms with E-state index in [1.807, 2.05) is 13.8 Å². The number of fused-ring (bicyclic) bond motifs is 1. The topological polar surface area (TPSA) is 73.2 Å². The Bertz CT molecular complexity index is 837. The Kier molecular flexibility index (Phi) is 6.52. The van der Waals surface area contributed by atoms with Gasteiger partial charge in [0.25, 0.3) is 5.56 Å². The van der Waals surface area contributed by atoms with Gasteiger partial charge in [-0.15, -0.1) is 0 Å². The summed E-state index contributed by atoms with van der Waals surface area (Å²) in [6, 6.07) is 6.86. The van der Waals surface area contributed by atoms with E-state index in [2.05, 4.69) is 15.0 Å². The van der Waals surface area contributed by atoms with Crippen LogP contribution in [0.25, 0.3) is 10.9 Å². The van der Waals surface area contributed by atoms with E-state index >= 15 is 0 Å². The standard InChI is InChI=1S/C16H18F3N3O3S/c1-10(2)22-13(23)11-5-3-4-6-12(11)21-14(22)26-8-7-20-15(24)25-9-16(17,18)19/h3-6,10H,7-9H2,1-2H3,(H,20,24). The molecule has 0 unspecified atom stereocenters. The van der Waals surface area contributed by atoms with Gasteiger partial charge in [0.2, 0.25) is 0 Å². The first-order chi connectivity index (χ1) is 12.2. The minimum Gasteiger partial charge on any atom is -0.440 e. The summed E-state index contributed by atoms with van der Waals surface area (Å²) in [5.74, 6) is 0.318. The molecule has 26 heavy (non-hydrogen) atoms. The van der Waals surface area contributed by atoms with Crippen LogP contribution in [-0.4, -0.2) is 40.7 Å². The first-order valence-electron chi connectivity index (χ1n) is 7.80. The lowest BCUT2D eigenvalue weighted by atomic mass is 10.2. The maximum Gasteiger partial charge on any atom is 0.422 e. The van der Waals surface area contributed by atoms with Gasteiger partial charge in [-0.25, -0.2) is 9.78 Å². The third kappa shape index (κ3) is 5.38. The van der Waals surface area contributed by atoms with Gasteiger partial charge in [0.05, 0.1) is 10.9 Å². The van der Waals surface area contributed by atoms with Gasteiger partial charge >= 0.3 is 12.3 Å². The quantitative estimate of drug-likeness (QED) is 0.466. The van der Waals surface area contributed by atoms with Gasteiger partial charge < -0.3 is 10.1 Å². The molecular formula is C16H18F3N3O3S. The number of alkyl carbamates (subject to hydrolysis) is 1. The number of carbonyl (C=O) groups excluding carboxylic acids is 1. The van der Waals surface area contributed by atoms with E-state index in [4.69, 9.17) is 0 Å². The van der Waals surface area contributed by atoms with Crippen molar-refractivity contribution < 1.29 is 22.7 Å². The lowest BCUT2D eigenvalue weighted by molar-refractivity contribution is -0.160. The number of rotatable bonds is 6. The highest BCUT2D eigenvalue weighted by Crippen LogP contribution is 2.20. The van der Waals surface area contributed by atoms with E-state index in [1.165, 1.54) is 11.8 Å². The number of hydrogen-bond acceptors (Lipinski definition) is 5. The Morgan fingerprint density at radius 2 is 2.04 bits per heavy atom. The Morgan fingerprint density at radius 1 is 1.35 bits per heavy atom. The molecule has 2 rings (SSSR count). The Balaban J connectivity index is 2.01. The summed E-state index contributed by atoms with van der Waals surface area (Å²) in [5, 5.41) is 3.22. The summed E-state index contributed by atoms with van der Waals surface area (Å²) in [6.45, 7) is 2.15. The number of nitrogens with zero attached hydrogens (tertiary/aromatic N) is 2. The fourth-order valence-electron chi connectivity index (χ4n) is 2.18. The molecule has 2 aromatic rings. The predicted molar refractivity (Wildman–Crippen MR) is 92.5 cm³/mol. The van der Waals surface area contributed by atoms with E-state index < -0.39 is 18.9 Å². The number of alkyl halides is 3. The molecule has 0 aliphatic carbocycles. The Hall–Kier alpha value is -2.23. The summed E-state index contributed by atoms with van der Waals surface area (Å²) in [4.78, 5) is 28.3. The van der Waals surface area contributed by atoms with Gasteiger partial charge in [0, 0.05) is 18.3 Å². The maximum atomic E-state index is 12.6. The summed E-state index contributed by atoms with van der Waals surface area (Å²) < 4.78 is 41.5. The minimum atomic E-state index is -4.56. The summed E-state index contributed by atoms with van der Waals surface area (Å²) in [5.41, 5.74) is 0.403. The zero-order chi connectivity index (χ0) is 19.3. The first-order valence-corrected chi connectivity index (χ1v) is 8.79. The largest absolute Gasteiger partial charge is 0.440 e. The fraction of sp³-hybridized carbons (Fsp3) is 0.438. The van der Waals surface area contributed by atoms with Gasteiger partial charge in [-0.2, -0.15) is 13.2 Å². The molecule has 0 radical (unpaired) electrons. The van der Waals surface area contributed by atoms with Crippen LogP contribution in [0.1, 0.15) is 19.9 Å². The van der Waals surface area contributed by atoms with Crippen molar-refractivity contribution in [2.45, 2.75) is 31.2 Å². The number of aromatic nitrogens is 2. The number of hydrogen-bond donors (Lipinski definition) is 1. The molecule has 0 saturated carbocycles. The second-order valence-corrected chi connectivity index (χ2v) is 6.71. The fourth-order valence-corrected chi connectivity index (χ4v) is 3.16. The minimum absolute atomic E-state index is 0.0716. The second-order valence-electron chi connectivity index (χ2n) is 5.65. The molecule has 6 nitrogen and oxygen atoms in total. The molecule has 10 heteroatoms. The molecule has 1 aromatic carbocycles. The number of benzene rings is 1. The zero-order valence-electron chi connectivity index (χ0n) is 14.2.